The van der Waals surface area contributed by atoms with E-state index in [1.165, 1.54) is 13.2 Å². The van der Waals surface area contributed by atoms with Crippen LogP contribution in [0.4, 0.5) is 11.4 Å². The fraction of sp³-hybridized carbons (Fsp3) is 0.385. The molecule has 0 aliphatic carbocycles. The van der Waals surface area contributed by atoms with Crippen LogP contribution < -0.4 is 11.1 Å². The van der Waals surface area contributed by atoms with E-state index in [4.69, 9.17) is 5.73 Å². The average molecular weight is 250 g/mol. The second-order valence-electron chi connectivity index (χ2n) is 3.95. The summed E-state index contributed by atoms with van der Waals surface area (Å²) < 4.78 is 4.58. The van der Waals surface area contributed by atoms with Gasteiger partial charge in [0.1, 0.15) is 0 Å². The van der Waals surface area contributed by atoms with Crippen molar-refractivity contribution < 1.29 is 14.3 Å². The van der Waals surface area contributed by atoms with Crippen LogP contribution in [0.5, 0.6) is 0 Å². The molecule has 0 unspecified atom stereocenters. The highest BCUT2D eigenvalue weighted by Gasteiger charge is 2.09. The maximum absolute atomic E-state index is 11.5. The van der Waals surface area contributed by atoms with Crippen molar-refractivity contribution in [3.8, 4) is 0 Å². The predicted octanol–water partition coefficient (Wildman–Crippen LogP) is 2.18. The zero-order chi connectivity index (χ0) is 13.5. The first-order valence-corrected chi connectivity index (χ1v) is 5.86. The highest BCUT2D eigenvalue weighted by molar-refractivity contribution is 5.96. The monoisotopic (exact) mass is 250 g/mol. The molecule has 1 amide bonds. The van der Waals surface area contributed by atoms with E-state index in [0.717, 1.165) is 12.8 Å². The van der Waals surface area contributed by atoms with E-state index in [-0.39, 0.29) is 5.91 Å². The number of amides is 1. The maximum Gasteiger partial charge on any atom is 0.337 e. The van der Waals surface area contributed by atoms with Crippen LogP contribution in [0.2, 0.25) is 0 Å². The molecular weight excluding hydrogens is 232 g/mol. The number of unbranched alkanes of at least 4 members (excludes halogenated alkanes) is 1. The molecule has 0 atom stereocenters. The second-order valence-corrected chi connectivity index (χ2v) is 3.95. The number of esters is 1. The van der Waals surface area contributed by atoms with Crippen LogP contribution in [0.1, 0.15) is 36.5 Å². The summed E-state index contributed by atoms with van der Waals surface area (Å²) in [5, 5.41) is 2.71. The number of methoxy groups -OCH3 is 1. The van der Waals surface area contributed by atoms with Gasteiger partial charge in [0.25, 0.3) is 0 Å². The molecule has 0 radical (unpaired) electrons. The van der Waals surface area contributed by atoms with Gasteiger partial charge in [-0.25, -0.2) is 4.79 Å². The van der Waals surface area contributed by atoms with Crippen molar-refractivity contribution in [1.29, 1.82) is 0 Å². The molecule has 0 heterocycles. The van der Waals surface area contributed by atoms with E-state index in [9.17, 15) is 9.59 Å². The van der Waals surface area contributed by atoms with E-state index in [2.05, 4.69) is 10.1 Å². The van der Waals surface area contributed by atoms with Crippen molar-refractivity contribution in [3.05, 3.63) is 23.8 Å². The lowest BCUT2D eigenvalue weighted by molar-refractivity contribution is -0.116. The second kappa shape index (κ2) is 6.64. The highest BCUT2D eigenvalue weighted by atomic mass is 16.5. The lowest BCUT2D eigenvalue weighted by Gasteiger charge is -2.09. The molecule has 0 aliphatic rings. The topological polar surface area (TPSA) is 81.4 Å². The maximum atomic E-state index is 11.5. The zero-order valence-corrected chi connectivity index (χ0v) is 10.7. The summed E-state index contributed by atoms with van der Waals surface area (Å²) in [6.07, 6.45) is 2.27. The van der Waals surface area contributed by atoms with Crippen LogP contribution >= 0.6 is 0 Å². The number of ether oxygens (including phenoxy) is 1. The Kier molecular flexibility index (Phi) is 5.17. The van der Waals surface area contributed by atoms with Gasteiger partial charge in [-0.15, -0.1) is 0 Å². The number of carbonyl (C=O) groups excluding carboxylic acids is 2. The number of nitrogens with one attached hydrogen (secondary N) is 1. The van der Waals surface area contributed by atoms with Crippen molar-refractivity contribution >= 4 is 23.3 Å². The fourth-order valence-corrected chi connectivity index (χ4v) is 1.47. The third-order valence-corrected chi connectivity index (χ3v) is 2.50. The number of hydrogen-bond acceptors (Lipinski definition) is 4. The Morgan fingerprint density at radius 2 is 2.11 bits per heavy atom. The Balaban J connectivity index is 2.74. The summed E-state index contributed by atoms with van der Waals surface area (Å²) in [6, 6.07) is 4.66. The number of anilines is 2. The third kappa shape index (κ3) is 3.76. The minimum atomic E-state index is -0.453. The number of nitrogens with two attached hydrogens (primary N) is 1. The molecule has 0 bridgehead atoms. The lowest BCUT2D eigenvalue weighted by atomic mass is 10.1. The van der Waals surface area contributed by atoms with Gasteiger partial charge in [-0.2, -0.15) is 0 Å². The Hall–Kier alpha value is -2.04. The van der Waals surface area contributed by atoms with Crippen LogP contribution in [0.3, 0.4) is 0 Å². The molecule has 5 nitrogen and oxygen atoms in total. The van der Waals surface area contributed by atoms with Gasteiger partial charge < -0.3 is 15.8 Å². The lowest BCUT2D eigenvalue weighted by Crippen LogP contribution is -2.13. The zero-order valence-electron chi connectivity index (χ0n) is 10.7. The van der Waals surface area contributed by atoms with Crippen molar-refractivity contribution in [1.82, 2.24) is 0 Å². The largest absolute Gasteiger partial charge is 0.465 e. The number of nitrogen functional groups attached to an aromatic ring is 1. The average Bonchev–Trinajstić information content (AvgIpc) is 2.37. The van der Waals surface area contributed by atoms with E-state index >= 15 is 0 Å². The summed E-state index contributed by atoms with van der Waals surface area (Å²) in [5.41, 5.74) is 7.00. The molecule has 1 aromatic carbocycles. The minimum Gasteiger partial charge on any atom is -0.465 e. The Morgan fingerprint density at radius 3 is 2.67 bits per heavy atom. The standard InChI is InChI=1S/C13H18N2O3/c1-3-4-5-12(16)15-11-7-6-9(8-10(11)14)13(17)18-2/h6-8H,3-5,14H2,1-2H3,(H,15,16). The van der Waals surface area contributed by atoms with Gasteiger partial charge in [0.2, 0.25) is 5.91 Å². The molecule has 98 valence electrons. The normalized spacial score (nSPS) is 9.89. The first-order chi connectivity index (χ1) is 8.58. The molecule has 0 aromatic heterocycles. The molecule has 3 N–H and O–H groups in total. The van der Waals surface area contributed by atoms with E-state index < -0.39 is 5.97 Å². The summed E-state index contributed by atoms with van der Waals surface area (Å²) in [5.74, 6) is -0.528. The van der Waals surface area contributed by atoms with Crippen LogP contribution in [0.15, 0.2) is 18.2 Å². The molecule has 0 saturated carbocycles. The first kappa shape index (κ1) is 14.0. The van der Waals surface area contributed by atoms with Gasteiger partial charge in [0, 0.05) is 6.42 Å². The third-order valence-electron chi connectivity index (χ3n) is 2.50. The van der Waals surface area contributed by atoms with Gasteiger partial charge in [0.05, 0.1) is 24.0 Å². The van der Waals surface area contributed by atoms with Crippen LogP contribution in [-0.4, -0.2) is 19.0 Å². The molecule has 0 aliphatic heterocycles. The van der Waals surface area contributed by atoms with Gasteiger partial charge in [0.15, 0.2) is 0 Å². The molecule has 0 fully saturated rings. The van der Waals surface area contributed by atoms with Crippen molar-refractivity contribution in [2.24, 2.45) is 0 Å². The summed E-state index contributed by atoms with van der Waals surface area (Å²) in [6.45, 7) is 2.02. The highest BCUT2D eigenvalue weighted by Crippen LogP contribution is 2.20. The van der Waals surface area contributed by atoms with E-state index in [0.29, 0.717) is 23.4 Å². The summed E-state index contributed by atoms with van der Waals surface area (Å²) >= 11 is 0. The van der Waals surface area contributed by atoms with Crippen molar-refractivity contribution in [2.45, 2.75) is 26.2 Å². The van der Waals surface area contributed by atoms with Crippen LogP contribution in [0, 0.1) is 0 Å². The molecule has 5 heteroatoms. The Morgan fingerprint density at radius 1 is 1.39 bits per heavy atom. The molecule has 1 aromatic rings. The van der Waals surface area contributed by atoms with E-state index in [1.807, 2.05) is 6.92 Å². The Bertz CT molecular complexity index is 444. The minimum absolute atomic E-state index is 0.0747. The van der Waals surface area contributed by atoms with Gasteiger partial charge in [-0.3, -0.25) is 4.79 Å². The summed E-state index contributed by atoms with van der Waals surface area (Å²) in [7, 11) is 1.30. The Labute approximate surface area is 106 Å². The fourth-order valence-electron chi connectivity index (χ4n) is 1.47. The smallest absolute Gasteiger partial charge is 0.337 e. The molecule has 0 saturated heterocycles. The summed E-state index contributed by atoms with van der Waals surface area (Å²) in [4.78, 5) is 22.8. The van der Waals surface area contributed by atoms with Crippen molar-refractivity contribution in [2.75, 3.05) is 18.2 Å². The quantitative estimate of drug-likeness (QED) is 0.620. The predicted molar refractivity (Wildman–Crippen MR) is 70.3 cm³/mol. The van der Waals surface area contributed by atoms with Crippen molar-refractivity contribution in [3.63, 3.8) is 0 Å². The number of carbonyl (C=O) groups is 2. The molecule has 1 rings (SSSR count). The number of benzene rings is 1. The van der Waals surface area contributed by atoms with Crippen LogP contribution in [-0.2, 0) is 9.53 Å². The molecule has 0 spiro atoms. The van der Waals surface area contributed by atoms with Crippen LogP contribution in [0.25, 0.3) is 0 Å². The van der Waals surface area contributed by atoms with Gasteiger partial charge >= 0.3 is 5.97 Å². The van der Waals surface area contributed by atoms with Gasteiger partial charge in [-0.05, 0) is 24.6 Å². The SMILES string of the molecule is CCCCC(=O)Nc1ccc(C(=O)OC)cc1N. The number of hydrogen-bond donors (Lipinski definition) is 2. The molecular formula is C13H18N2O3. The molecule has 18 heavy (non-hydrogen) atoms. The number of rotatable bonds is 5. The van der Waals surface area contributed by atoms with Gasteiger partial charge in [-0.1, -0.05) is 13.3 Å². The first-order valence-electron chi connectivity index (χ1n) is 5.86. The van der Waals surface area contributed by atoms with E-state index in [1.54, 1.807) is 12.1 Å².